The van der Waals surface area contributed by atoms with E-state index >= 15 is 0 Å². The Hall–Kier alpha value is -2.57. The molecule has 4 aliphatic rings. The zero-order valence-electron chi connectivity index (χ0n) is 21.1. The van der Waals surface area contributed by atoms with Crippen molar-refractivity contribution >= 4 is 5.82 Å². The van der Waals surface area contributed by atoms with Crippen LogP contribution in [0.25, 0.3) is 0 Å². The highest BCUT2D eigenvalue weighted by Crippen LogP contribution is 2.33. The number of ether oxygens (including phenoxy) is 1. The summed E-state index contributed by atoms with van der Waals surface area (Å²) < 4.78 is 5.73. The summed E-state index contributed by atoms with van der Waals surface area (Å²) in [5.74, 6) is 2.89. The summed E-state index contributed by atoms with van der Waals surface area (Å²) in [7, 11) is 0. The Labute approximate surface area is 210 Å². The molecule has 3 fully saturated rings. The Morgan fingerprint density at radius 2 is 1.74 bits per heavy atom. The fourth-order valence-corrected chi connectivity index (χ4v) is 6.54. The fourth-order valence-electron chi connectivity index (χ4n) is 6.54. The second kappa shape index (κ2) is 9.82. The summed E-state index contributed by atoms with van der Waals surface area (Å²) in [4.78, 5) is 14.9. The van der Waals surface area contributed by atoms with Gasteiger partial charge in [-0.25, -0.2) is 4.98 Å². The van der Waals surface area contributed by atoms with Crippen LogP contribution >= 0.6 is 0 Å². The summed E-state index contributed by atoms with van der Waals surface area (Å²) >= 11 is 0. The van der Waals surface area contributed by atoms with Crippen molar-refractivity contribution in [2.24, 2.45) is 5.92 Å². The minimum absolute atomic E-state index is 0.501. The van der Waals surface area contributed by atoms with Gasteiger partial charge in [-0.15, -0.1) is 0 Å². The largest absolute Gasteiger partial charge is 0.377 e. The predicted molar refractivity (Wildman–Crippen MR) is 140 cm³/mol. The molecule has 6 rings (SSSR count). The molecular weight excluding hydrogens is 434 g/mol. The van der Waals surface area contributed by atoms with Crippen LogP contribution in [0.3, 0.4) is 0 Å². The Kier molecular flexibility index (Phi) is 6.42. The molecule has 5 heterocycles. The van der Waals surface area contributed by atoms with E-state index in [9.17, 15) is 0 Å². The van der Waals surface area contributed by atoms with Crippen LogP contribution in [0, 0.1) is 5.92 Å². The number of hydrogen-bond donors (Lipinski definition) is 0. The van der Waals surface area contributed by atoms with Gasteiger partial charge in [-0.1, -0.05) is 43.8 Å². The third kappa shape index (κ3) is 4.78. The van der Waals surface area contributed by atoms with Gasteiger partial charge in [0.15, 0.2) is 0 Å². The van der Waals surface area contributed by atoms with Crippen molar-refractivity contribution in [1.82, 2.24) is 19.7 Å². The third-order valence-electron chi connectivity index (χ3n) is 8.37. The number of morpholine rings is 1. The van der Waals surface area contributed by atoms with E-state index in [1.54, 1.807) is 0 Å². The van der Waals surface area contributed by atoms with Gasteiger partial charge in [-0.05, 0) is 47.9 Å². The van der Waals surface area contributed by atoms with E-state index in [-0.39, 0.29) is 0 Å². The molecule has 6 nitrogen and oxygen atoms in total. The number of rotatable bonds is 7. The number of aromatic nitrogens is 1. The highest BCUT2D eigenvalue weighted by atomic mass is 16.5. The number of hydrogen-bond acceptors (Lipinski definition) is 6. The monoisotopic (exact) mass is 473 g/mol. The summed E-state index contributed by atoms with van der Waals surface area (Å²) in [6, 6.07) is 14.4. The van der Waals surface area contributed by atoms with Crippen LogP contribution in [0.4, 0.5) is 5.82 Å². The van der Waals surface area contributed by atoms with Gasteiger partial charge >= 0.3 is 0 Å². The molecule has 6 heteroatoms. The lowest BCUT2D eigenvalue weighted by atomic mass is 9.99. The van der Waals surface area contributed by atoms with Gasteiger partial charge in [0.25, 0.3) is 0 Å². The molecule has 0 radical (unpaired) electrons. The van der Waals surface area contributed by atoms with Gasteiger partial charge < -0.3 is 19.4 Å². The second-order valence-corrected chi connectivity index (χ2v) is 11.0. The molecule has 2 unspecified atom stereocenters. The predicted octanol–water partition coefficient (Wildman–Crippen LogP) is 3.73. The van der Waals surface area contributed by atoms with E-state index in [2.05, 4.69) is 75.7 Å². The summed E-state index contributed by atoms with van der Waals surface area (Å²) in [5.41, 5.74) is 4.29. The molecule has 2 aromatic rings. The fraction of sp³-hybridized carbons (Fsp3) is 0.552. The SMILES string of the molecule is C=C1N(Cc2ccc(N3C4CCC3COC4)nc2)CCN1C[C@H](C)CN1CCc2ccccc2C1. The van der Waals surface area contributed by atoms with Gasteiger partial charge in [0.2, 0.25) is 0 Å². The molecule has 4 aliphatic heterocycles. The Bertz CT molecular complexity index is 1020. The number of anilines is 1. The first-order chi connectivity index (χ1) is 17.1. The smallest absolute Gasteiger partial charge is 0.129 e. The van der Waals surface area contributed by atoms with Gasteiger partial charge in [0, 0.05) is 52.0 Å². The maximum absolute atomic E-state index is 5.73. The molecule has 0 saturated carbocycles. The average Bonchev–Trinajstić information content (AvgIpc) is 3.33. The average molecular weight is 474 g/mol. The molecular formula is C29H39N5O. The van der Waals surface area contributed by atoms with Crippen molar-refractivity contribution in [2.75, 3.05) is 50.8 Å². The minimum atomic E-state index is 0.501. The van der Waals surface area contributed by atoms with Crippen molar-refractivity contribution in [2.45, 2.75) is 51.4 Å². The number of pyridine rings is 1. The van der Waals surface area contributed by atoms with Crippen LogP contribution in [0.15, 0.2) is 55.0 Å². The standard InChI is InChI=1S/C29H39N5O/c1-22(16-31-12-11-25-5-3-4-6-26(25)19-31)17-32-13-14-33(23(32)2)18-24-7-10-29(30-15-24)34-27-8-9-28(34)21-35-20-27/h3-7,10,15,22,27-28H,2,8-9,11-14,16-21H2,1H3/t22-,27?,28?/m1/s1. The van der Waals surface area contributed by atoms with E-state index in [1.807, 2.05) is 0 Å². The van der Waals surface area contributed by atoms with Crippen molar-refractivity contribution in [3.8, 4) is 0 Å². The number of fused-ring (bicyclic) bond motifs is 3. The normalized spacial score (nSPS) is 25.3. The quantitative estimate of drug-likeness (QED) is 0.610. The maximum Gasteiger partial charge on any atom is 0.129 e. The highest BCUT2D eigenvalue weighted by molar-refractivity contribution is 5.44. The van der Waals surface area contributed by atoms with Crippen LogP contribution in [0.2, 0.25) is 0 Å². The number of nitrogens with zero attached hydrogens (tertiary/aromatic N) is 5. The summed E-state index contributed by atoms with van der Waals surface area (Å²) in [5, 5.41) is 0. The van der Waals surface area contributed by atoms with Gasteiger partial charge in [-0.3, -0.25) is 4.90 Å². The van der Waals surface area contributed by atoms with Crippen LogP contribution in [0.1, 0.15) is 36.5 Å². The molecule has 3 saturated heterocycles. The molecule has 1 aromatic carbocycles. The topological polar surface area (TPSA) is 35.1 Å². The lowest BCUT2D eigenvalue weighted by molar-refractivity contribution is 0.0902. The summed E-state index contributed by atoms with van der Waals surface area (Å²) in [6.45, 7) is 16.0. The van der Waals surface area contributed by atoms with Crippen molar-refractivity contribution in [3.63, 3.8) is 0 Å². The van der Waals surface area contributed by atoms with Crippen LogP contribution in [0.5, 0.6) is 0 Å². The molecule has 0 aliphatic carbocycles. The molecule has 0 N–H and O–H groups in total. The first-order valence-corrected chi connectivity index (χ1v) is 13.4. The molecule has 1 aromatic heterocycles. The van der Waals surface area contributed by atoms with E-state index in [0.717, 1.165) is 64.1 Å². The molecule has 0 amide bonds. The first-order valence-electron chi connectivity index (χ1n) is 13.4. The van der Waals surface area contributed by atoms with Crippen molar-refractivity contribution < 1.29 is 4.74 Å². The minimum Gasteiger partial charge on any atom is -0.377 e. The van der Waals surface area contributed by atoms with Crippen molar-refractivity contribution in [3.05, 3.63) is 71.7 Å². The van der Waals surface area contributed by atoms with Crippen molar-refractivity contribution in [1.29, 1.82) is 0 Å². The van der Waals surface area contributed by atoms with Gasteiger partial charge in [0.1, 0.15) is 5.82 Å². The maximum atomic E-state index is 5.73. The second-order valence-electron chi connectivity index (χ2n) is 11.0. The van der Waals surface area contributed by atoms with E-state index in [1.165, 1.54) is 42.5 Å². The van der Waals surface area contributed by atoms with Crippen LogP contribution in [-0.4, -0.2) is 77.7 Å². The Morgan fingerprint density at radius 1 is 0.971 bits per heavy atom. The highest BCUT2D eigenvalue weighted by Gasteiger charge is 2.38. The van der Waals surface area contributed by atoms with Gasteiger partial charge in [0.05, 0.1) is 31.1 Å². The van der Waals surface area contributed by atoms with E-state index in [0.29, 0.717) is 18.0 Å². The molecule has 186 valence electrons. The number of benzene rings is 1. The summed E-state index contributed by atoms with van der Waals surface area (Å²) in [6.07, 6.45) is 5.69. The lowest BCUT2D eigenvalue weighted by Crippen LogP contribution is -2.46. The van der Waals surface area contributed by atoms with Crippen LogP contribution in [-0.2, 0) is 24.2 Å². The zero-order chi connectivity index (χ0) is 23.8. The van der Waals surface area contributed by atoms with Gasteiger partial charge in [-0.2, -0.15) is 0 Å². The molecule has 35 heavy (non-hydrogen) atoms. The van der Waals surface area contributed by atoms with Crippen LogP contribution < -0.4 is 4.90 Å². The Balaban J connectivity index is 1.00. The third-order valence-corrected chi connectivity index (χ3v) is 8.37. The van der Waals surface area contributed by atoms with E-state index in [4.69, 9.17) is 9.72 Å². The molecule has 3 atom stereocenters. The molecule has 0 spiro atoms. The Morgan fingerprint density at radius 3 is 2.51 bits per heavy atom. The molecule has 2 bridgehead atoms. The lowest BCUT2D eigenvalue weighted by Gasteiger charge is -2.35. The van der Waals surface area contributed by atoms with E-state index < -0.39 is 0 Å². The zero-order valence-corrected chi connectivity index (χ0v) is 21.1. The first kappa shape index (κ1) is 22.9.